The molecule has 1 heterocycles. The van der Waals surface area contributed by atoms with Gasteiger partial charge in [-0.3, -0.25) is 0 Å². The average molecular weight is 536 g/mol. The van der Waals surface area contributed by atoms with Crippen LogP contribution in [0, 0.1) is 36.0 Å². The Bertz CT molecular complexity index is 1470. The van der Waals surface area contributed by atoms with Crippen LogP contribution in [0.25, 0.3) is 5.69 Å². The summed E-state index contributed by atoms with van der Waals surface area (Å²) in [6, 6.07) is 12.5. The molecule has 0 bridgehead atoms. The van der Waals surface area contributed by atoms with Gasteiger partial charge in [-0.2, -0.15) is 9.78 Å². The maximum absolute atomic E-state index is 14.5. The molecular weight excluding hydrogens is 519 g/mol. The first kappa shape index (κ1) is 26.0. The Morgan fingerprint density at radius 3 is 2.00 bits per heavy atom. The molecular formula is C25H17F5N2O4S. The fourth-order valence-corrected chi connectivity index (χ4v) is 4.30. The van der Waals surface area contributed by atoms with Crippen molar-refractivity contribution in [2.75, 3.05) is 14.2 Å². The van der Waals surface area contributed by atoms with Gasteiger partial charge in [0.25, 0.3) is 0 Å². The zero-order valence-electron chi connectivity index (χ0n) is 19.4. The molecule has 6 nitrogen and oxygen atoms in total. The van der Waals surface area contributed by atoms with E-state index in [1.807, 2.05) is 0 Å². The van der Waals surface area contributed by atoms with Gasteiger partial charge in [0.15, 0.2) is 34.8 Å². The molecule has 192 valence electrons. The molecule has 0 amide bonds. The number of hydrogen-bond acceptors (Lipinski definition) is 6. The first-order valence-electron chi connectivity index (χ1n) is 10.5. The molecule has 0 fully saturated rings. The van der Waals surface area contributed by atoms with Crippen molar-refractivity contribution in [2.45, 2.75) is 16.7 Å². The van der Waals surface area contributed by atoms with Crippen LogP contribution >= 0.6 is 11.8 Å². The number of aromatic nitrogens is 2. The van der Waals surface area contributed by atoms with Gasteiger partial charge in [-0.25, -0.2) is 26.7 Å². The van der Waals surface area contributed by atoms with Crippen LogP contribution in [0.4, 0.5) is 22.0 Å². The van der Waals surface area contributed by atoms with Crippen LogP contribution in [0.2, 0.25) is 0 Å². The summed E-state index contributed by atoms with van der Waals surface area (Å²) in [6.45, 7) is 1.43. The molecule has 0 saturated carbocycles. The molecule has 37 heavy (non-hydrogen) atoms. The molecule has 0 radical (unpaired) electrons. The highest BCUT2D eigenvalue weighted by Crippen LogP contribution is 2.43. The fraction of sp³-hybridized carbons (Fsp3) is 0.120. The number of ether oxygens (including phenoxy) is 3. The van der Waals surface area contributed by atoms with Gasteiger partial charge in [-0.1, -0.05) is 30.0 Å². The minimum Gasteiger partial charge on any atom is -0.493 e. The standard InChI is InChI=1S/C25H17F5N2O4S/c1-12-22(37-23-20(29)18(27)17(26)19(28)21(23)30)24(32(31-12)14-7-5-4-6-8-14)36-25(33)13-9-10-15(34-2)16(11-13)35-3/h4-11H,1-3H3. The van der Waals surface area contributed by atoms with Crippen molar-refractivity contribution >= 4 is 17.7 Å². The van der Waals surface area contributed by atoms with E-state index in [4.69, 9.17) is 14.2 Å². The summed E-state index contributed by atoms with van der Waals surface area (Å²) in [6.07, 6.45) is 0. The molecule has 0 saturated heterocycles. The summed E-state index contributed by atoms with van der Waals surface area (Å²) in [5.74, 6) is -11.1. The van der Waals surface area contributed by atoms with Gasteiger partial charge in [0.05, 0.1) is 41.0 Å². The lowest BCUT2D eigenvalue weighted by Gasteiger charge is -2.12. The van der Waals surface area contributed by atoms with Crippen LogP contribution in [0.3, 0.4) is 0 Å². The van der Waals surface area contributed by atoms with E-state index in [1.165, 1.54) is 44.0 Å². The minimum absolute atomic E-state index is 0.0308. The van der Waals surface area contributed by atoms with Crippen LogP contribution < -0.4 is 14.2 Å². The van der Waals surface area contributed by atoms with Crippen LogP contribution in [-0.4, -0.2) is 30.0 Å². The van der Waals surface area contributed by atoms with Crippen molar-refractivity contribution < 1.29 is 41.0 Å². The highest BCUT2D eigenvalue weighted by Gasteiger charge is 2.30. The second-order valence-corrected chi connectivity index (χ2v) is 8.45. The van der Waals surface area contributed by atoms with E-state index in [0.29, 0.717) is 11.4 Å². The highest BCUT2D eigenvalue weighted by molar-refractivity contribution is 7.99. The van der Waals surface area contributed by atoms with Crippen molar-refractivity contribution in [2.24, 2.45) is 0 Å². The van der Waals surface area contributed by atoms with Crippen molar-refractivity contribution in [1.29, 1.82) is 0 Å². The Labute approximate surface area is 211 Å². The zero-order chi connectivity index (χ0) is 26.9. The zero-order valence-corrected chi connectivity index (χ0v) is 20.3. The van der Waals surface area contributed by atoms with Gasteiger partial charge in [0.1, 0.15) is 0 Å². The number of esters is 1. The largest absolute Gasteiger partial charge is 0.493 e. The predicted molar refractivity (Wildman–Crippen MR) is 123 cm³/mol. The molecule has 12 heteroatoms. The lowest BCUT2D eigenvalue weighted by Crippen LogP contribution is -2.12. The highest BCUT2D eigenvalue weighted by atomic mass is 32.2. The van der Waals surface area contributed by atoms with E-state index in [0.717, 1.165) is 0 Å². The lowest BCUT2D eigenvalue weighted by atomic mass is 10.2. The first-order chi connectivity index (χ1) is 17.7. The van der Waals surface area contributed by atoms with Crippen molar-refractivity contribution in [1.82, 2.24) is 9.78 Å². The number of carbonyl (C=O) groups excluding carboxylic acids is 1. The molecule has 1 aromatic heterocycles. The predicted octanol–water partition coefficient (Wildman–Crippen LogP) is 6.26. The normalized spacial score (nSPS) is 10.9. The van der Waals surface area contributed by atoms with Crippen LogP contribution in [0.15, 0.2) is 58.3 Å². The summed E-state index contributed by atoms with van der Waals surface area (Å²) < 4.78 is 87.3. The summed E-state index contributed by atoms with van der Waals surface area (Å²) in [5.41, 5.74) is 0.543. The van der Waals surface area contributed by atoms with Gasteiger partial charge in [-0.15, -0.1) is 0 Å². The van der Waals surface area contributed by atoms with Crippen molar-refractivity contribution in [3.63, 3.8) is 0 Å². The number of benzene rings is 3. The Morgan fingerprint density at radius 2 is 1.41 bits per heavy atom. The summed E-state index contributed by atoms with van der Waals surface area (Å²) in [4.78, 5) is 11.8. The second-order valence-electron chi connectivity index (χ2n) is 7.43. The van der Waals surface area contributed by atoms with Gasteiger partial charge in [0, 0.05) is 0 Å². The number of hydrogen-bond donors (Lipinski definition) is 0. The summed E-state index contributed by atoms with van der Waals surface area (Å²) in [5, 5.41) is 4.27. The number of halogens is 5. The van der Waals surface area contributed by atoms with E-state index in [2.05, 4.69) is 5.10 Å². The number of nitrogens with zero attached hydrogens (tertiary/aromatic N) is 2. The molecule has 0 unspecified atom stereocenters. The van der Waals surface area contributed by atoms with Crippen LogP contribution in [0.1, 0.15) is 16.1 Å². The molecule has 4 aromatic rings. The molecule has 0 aliphatic carbocycles. The molecule has 4 rings (SSSR count). The third kappa shape index (κ3) is 4.84. The summed E-state index contributed by atoms with van der Waals surface area (Å²) in [7, 11) is 2.79. The summed E-state index contributed by atoms with van der Waals surface area (Å²) >= 11 is 0.196. The SMILES string of the molecule is COc1ccc(C(=O)Oc2c(Sc3c(F)c(F)c(F)c(F)c3F)c(C)nn2-c2ccccc2)cc1OC. The smallest absolute Gasteiger partial charge is 0.345 e. The minimum atomic E-state index is -2.28. The van der Waals surface area contributed by atoms with Gasteiger partial charge in [0.2, 0.25) is 11.7 Å². The lowest BCUT2D eigenvalue weighted by molar-refractivity contribution is 0.0718. The number of aryl methyl sites for hydroxylation is 1. The molecule has 0 N–H and O–H groups in total. The third-order valence-electron chi connectivity index (χ3n) is 5.15. The third-order valence-corrected chi connectivity index (χ3v) is 6.38. The average Bonchev–Trinajstić information content (AvgIpc) is 3.22. The topological polar surface area (TPSA) is 62.6 Å². The Kier molecular flexibility index (Phi) is 7.39. The molecule has 0 atom stereocenters. The number of carbonyl (C=O) groups is 1. The molecule has 0 spiro atoms. The van der Waals surface area contributed by atoms with E-state index in [1.54, 1.807) is 30.3 Å². The van der Waals surface area contributed by atoms with Crippen LogP contribution in [-0.2, 0) is 0 Å². The van der Waals surface area contributed by atoms with E-state index >= 15 is 0 Å². The van der Waals surface area contributed by atoms with E-state index in [-0.39, 0.29) is 39.5 Å². The van der Waals surface area contributed by atoms with Gasteiger partial charge >= 0.3 is 5.97 Å². The number of rotatable bonds is 7. The maximum Gasteiger partial charge on any atom is 0.345 e. The Balaban J connectivity index is 1.83. The Morgan fingerprint density at radius 1 is 0.811 bits per heavy atom. The molecule has 0 aliphatic rings. The van der Waals surface area contributed by atoms with Gasteiger partial charge < -0.3 is 14.2 Å². The number of para-hydroxylation sites is 1. The van der Waals surface area contributed by atoms with E-state index < -0.39 is 40.0 Å². The van der Waals surface area contributed by atoms with E-state index in [9.17, 15) is 26.7 Å². The molecule has 0 aliphatic heterocycles. The van der Waals surface area contributed by atoms with Crippen LogP contribution in [0.5, 0.6) is 17.4 Å². The fourth-order valence-electron chi connectivity index (χ4n) is 3.33. The Hall–Kier alpha value is -4.06. The van der Waals surface area contributed by atoms with Crippen molar-refractivity contribution in [3.05, 3.63) is 88.9 Å². The quantitative estimate of drug-likeness (QED) is 0.120. The first-order valence-corrected chi connectivity index (χ1v) is 11.3. The van der Waals surface area contributed by atoms with Gasteiger partial charge in [-0.05, 0) is 37.3 Å². The number of methoxy groups -OCH3 is 2. The van der Waals surface area contributed by atoms with Crippen molar-refractivity contribution in [3.8, 4) is 23.1 Å². The molecule has 3 aromatic carbocycles. The monoisotopic (exact) mass is 536 g/mol. The second kappa shape index (κ2) is 10.5. The maximum atomic E-state index is 14.5.